The Bertz CT molecular complexity index is 730. The molecule has 23 heavy (non-hydrogen) atoms. The van der Waals surface area contributed by atoms with Gasteiger partial charge in [-0.25, -0.2) is 4.79 Å². The van der Waals surface area contributed by atoms with Gasteiger partial charge in [0.1, 0.15) is 5.75 Å². The van der Waals surface area contributed by atoms with E-state index in [4.69, 9.17) is 21.1 Å². The number of hydrogen-bond acceptors (Lipinski definition) is 4. The minimum atomic E-state index is -0.441. The summed E-state index contributed by atoms with van der Waals surface area (Å²) in [5, 5.41) is 3.14. The Balaban J connectivity index is 2.22. The van der Waals surface area contributed by atoms with Crippen molar-refractivity contribution in [1.82, 2.24) is 0 Å². The molecule has 1 N–H and O–H groups in total. The standard InChI is InChI=1S/C17H16ClNO4/c1-3-23-17(21)11-5-4-6-13(9-11)19-16(20)14-10-12(18)7-8-15(14)22-2/h4-10H,3H2,1-2H3,(H,19,20). The molecule has 2 aromatic rings. The maximum Gasteiger partial charge on any atom is 0.338 e. The van der Waals surface area contributed by atoms with Gasteiger partial charge in [-0.05, 0) is 43.3 Å². The number of ether oxygens (including phenoxy) is 2. The van der Waals surface area contributed by atoms with Crippen LogP contribution in [0, 0.1) is 0 Å². The maximum absolute atomic E-state index is 12.4. The number of amides is 1. The normalized spacial score (nSPS) is 10.0. The highest BCUT2D eigenvalue weighted by molar-refractivity contribution is 6.31. The van der Waals surface area contributed by atoms with Crippen LogP contribution >= 0.6 is 11.6 Å². The summed E-state index contributed by atoms with van der Waals surface area (Å²) in [7, 11) is 1.47. The van der Waals surface area contributed by atoms with Gasteiger partial charge in [-0.15, -0.1) is 0 Å². The molecule has 0 saturated carbocycles. The number of rotatable bonds is 5. The molecule has 2 rings (SSSR count). The molecule has 2 aromatic carbocycles. The van der Waals surface area contributed by atoms with E-state index in [0.717, 1.165) is 0 Å². The molecule has 1 amide bonds. The summed E-state index contributed by atoms with van der Waals surface area (Å²) in [6.45, 7) is 2.02. The van der Waals surface area contributed by atoms with Crippen LogP contribution in [0.5, 0.6) is 5.75 Å². The topological polar surface area (TPSA) is 64.6 Å². The Morgan fingerprint density at radius 1 is 1.17 bits per heavy atom. The number of anilines is 1. The van der Waals surface area contributed by atoms with Crippen molar-refractivity contribution in [3.05, 3.63) is 58.6 Å². The summed E-state index contributed by atoms with van der Waals surface area (Å²) in [5.74, 6) is -0.414. The molecule has 5 nitrogen and oxygen atoms in total. The number of esters is 1. The van der Waals surface area contributed by atoms with Crippen molar-refractivity contribution in [3.8, 4) is 5.75 Å². The lowest BCUT2D eigenvalue weighted by molar-refractivity contribution is 0.0526. The van der Waals surface area contributed by atoms with E-state index < -0.39 is 5.97 Å². The molecule has 0 fully saturated rings. The lowest BCUT2D eigenvalue weighted by Crippen LogP contribution is -2.14. The Morgan fingerprint density at radius 2 is 1.96 bits per heavy atom. The maximum atomic E-state index is 12.4. The SMILES string of the molecule is CCOC(=O)c1cccc(NC(=O)c2cc(Cl)ccc2OC)c1. The number of methoxy groups -OCH3 is 1. The number of benzene rings is 2. The van der Waals surface area contributed by atoms with E-state index in [2.05, 4.69) is 5.32 Å². The van der Waals surface area contributed by atoms with E-state index in [0.29, 0.717) is 27.6 Å². The van der Waals surface area contributed by atoms with E-state index >= 15 is 0 Å². The number of halogens is 1. The van der Waals surface area contributed by atoms with Gasteiger partial charge in [0.25, 0.3) is 5.91 Å². The second-order valence-corrected chi connectivity index (χ2v) is 5.04. The molecule has 120 valence electrons. The summed E-state index contributed by atoms with van der Waals surface area (Å²) >= 11 is 5.93. The van der Waals surface area contributed by atoms with Gasteiger partial charge < -0.3 is 14.8 Å². The quantitative estimate of drug-likeness (QED) is 0.846. The summed E-state index contributed by atoms with van der Waals surface area (Å²) in [6, 6.07) is 11.3. The first-order valence-electron chi connectivity index (χ1n) is 6.97. The number of nitrogens with one attached hydrogen (secondary N) is 1. The first kappa shape index (κ1) is 16.8. The lowest BCUT2D eigenvalue weighted by Gasteiger charge is -2.10. The molecule has 0 unspecified atom stereocenters. The average molecular weight is 334 g/mol. The predicted octanol–water partition coefficient (Wildman–Crippen LogP) is 3.78. The molecular weight excluding hydrogens is 318 g/mol. The molecule has 0 aliphatic heterocycles. The Kier molecular flexibility index (Phi) is 5.60. The highest BCUT2D eigenvalue weighted by atomic mass is 35.5. The molecular formula is C17H16ClNO4. The van der Waals surface area contributed by atoms with E-state index in [1.807, 2.05) is 0 Å². The fourth-order valence-corrected chi connectivity index (χ4v) is 2.17. The van der Waals surface area contributed by atoms with Gasteiger partial charge in [-0.3, -0.25) is 4.79 Å². The molecule has 0 atom stereocenters. The highest BCUT2D eigenvalue weighted by Gasteiger charge is 2.14. The molecule has 0 saturated heterocycles. The largest absolute Gasteiger partial charge is 0.496 e. The second-order valence-electron chi connectivity index (χ2n) is 4.60. The monoisotopic (exact) mass is 333 g/mol. The molecule has 0 bridgehead atoms. The Hall–Kier alpha value is -2.53. The lowest BCUT2D eigenvalue weighted by atomic mass is 10.1. The highest BCUT2D eigenvalue weighted by Crippen LogP contribution is 2.24. The van der Waals surface area contributed by atoms with Crippen LogP contribution in [0.25, 0.3) is 0 Å². The van der Waals surface area contributed by atoms with Crippen LogP contribution in [-0.4, -0.2) is 25.6 Å². The van der Waals surface area contributed by atoms with Crippen LogP contribution in [0.2, 0.25) is 5.02 Å². The fourth-order valence-electron chi connectivity index (χ4n) is 1.99. The fraction of sp³-hybridized carbons (Fsp3) is 0.176. The zero-order chi connectivity index (χ0) is 16.8. The van der Waals surface area contributed by atoms with Crippen LogP contribution in [0.1, 0.15) is 27.6 Å². The van der Waals surface area contributed by atoms with Gasteiger partial charge in [0.05, 0.1) is 24.8 Å². The number of carbonyl (C=O) groups is 2. The van der Waals surface area contributed by atoms with E-state index in [9.17, 15) is 9.59 Å². The predicted molar refractivity (Wildman–Crippen MR) is 88.4 cm³/mol. The van der Waals surface area contributed by atoms with Crippen molar-refractivity contribution < 1.29 is 19.1 Å². The third-order valence-corrected chi connectivity index (χ3v) is 3.27. The van der Waals surface area contributed by atoms with E-state index in [1.165, 1.54) is 13.2 Å². The molecule has 6 heteroatoms. The third-order valence-electron chi connectivity index (χ3n) is 3.04. The minimum Gasteiger partial charge on any atom is -0.496 e. The van der Waals surface area contributed by atoms with Gasteiger partial charge in [0, 0.05) is 10.7 Å². The van der Waals surface area contributed by atoms with Gasteiger partial charge >= 0.3 is 5.97 Å². The van der Waals surface area contributed by atoms with Gasteiger partial charge in [-0.2, -0.15) is 0 Å². The van der Waals surface area contributed by atoms with Crippen molar-refractivity contribution in [2.24, 2.45) is 0 Å². The molecule has 0 spiro atoms. The van der Waals surface area contributed by atoms with E-state index in [1.54, 1.807) is 43.3 Å². The van der Waals surface area contributed by atoms with Crippen LogP contribution in [0.15, 0.2) is 42.5 Å². The third kappa shape index (κ3) is 4.23. The molecule has 0 radical (unpaired) electrons. The molecule has 0 aliphatic carbocycles. The summed E-state index contributed by atoms with van der Waals surface area (Å²) in [6.07, 6.45) is 0. The number of carbonyl (C=O) groups excluding carboxylic acids is 2. The van der Waals surface area contributed by atoms with Crippen molar-refractivity contribution in [1.29, 1.82) is 0 Å². The van der Waals surface area contributed by atoms with Crippen molar-refractivity contribution >= 4 is 29.2 Å². The summed E-state index contributed by atoms with van der Waals surface area (Å²) in [5.41, 5.74) is 1.15. The first-order valence-corrected chi connectivity index (χ1v) is 7.35. The van der Waals surface area contributed by atoms with Crippen LogP contribution in [0.3, 0.4) is 0 Å². The minimum absolute atomic E-state index is 0.287. The molecule has 0 aliphatic rings. The van der Waals surface area contributed by atoms with Gasteiger partial charge in [-0.1, -0.05) is 17.7 Å². The molecule has 0 heterocycles. The van der Waals surface area contributed by atoms with Crippen molar-refractivity contribution in [3.63, 3.8) is 0 Å². The van der Waals surface area contributed by atoms with Crippen molar-refractivity contribution in [2.45, 2.75) is 6.92 Å². The van der Waals surface area contributed by atoms with Crippen LogP contribution in [-0.2, 0) is 4.74 Å². The Labute approximate surface area is 139 Å². The zero-order valence-corrected chi connectivity index (χ0v) is 13.5. The average Bonchev–Trinajstić information content (AvgIpc) is 2.55. The van der Waals surface area contributed by atoms with Crippen LogP contribution in [0.4, 0.5) is 5.69 Å². The smallest absolute Gasteiger partial charge is 0.338 e. The molecule has 0 aromatic heterocycles. The van der Waals surface area contributed by atoms with E-state index in [-0.39, 0.29) is 12.5 Å². The summed E-state index contributed by atoms with van der Waals surface area (Å²) in [4.78, 5) is 24.1. The summed E-state index contributed by atoms with van der Waals surface area (Å²) < 4.78 is 10.1. The second kappa shape index (κ2) is 7.65. The van der Waals surface area contributed by atoms with Crippen LogP contribution < -0.4 is 10.1 Å². The first-order chi connectivity index (χ1) is 11.0. The zero-order valence-electron chi connectivity index (χ0n) is 12.8. The van der Waals surface area contributed by atoms with Gasteiger partial charge in [0.15, 0.2) is 0 Å². The number of hydrogen-bond donors (Lipinski definition) is 1. The van der Waals surface area contributed by atoms with Crippen molar-refractivity contribution in [2.75, 3.05) is 19.0 Å². The van der Waals surface area contributed by atoms with Gasteiger partial charge in [0.2, 0.25) is 0 Å². The Morgan fingerprint density at radius 3 is 2.65 bits per heavy atom.